The topological polar surface area (TPSA) is 51.6 Å². The third kappa shape index (κ3) is 2.95. The standard InChI is InChI=1S/C21H13ClN4S3/c22-12-6-4-11(5-7-12)14-8-27-18-17(14)21(25-9-23-18)29-20-16-13-2-1-3-15(13)28-19(16)24-10-26-20/h4-10H,1-3H2. The molecule has 142 valence electrons. The van der Waals surface area contributed by atoms with Crippen LogP contribution in [-0.4, -0.2) is 19.9 Å². The second kappa shape index (κ2) is 7.02. The lowest BCUT2D eigenvalue weighted by atomic mass is 10.1. The minimum Gasteiger partial charge on any atom is -0.229 e. The first-order valence-corrected chi connectivity index (χ1v) is 12.1. The van der Waals surface area contributed by atoms with Gasteiger partial charge in [0.05, 0.1) is 5.39 Å². The molecule has 4 heterocycles. The molecule has 0 N–H and O–H groups in total. The van der Waals surface area contributed by atoms with Gasteiger partial charge in [-0.05, 0) is 54.3 Å². The SMILES string of the molecule is Clc1ccc(-c2csc3ncnc(Sc4ncnc5sc6c(c45)CCC6)c23)cc1. The summed E-state index contributed by atoms with van der Waals surface area (Å²) in [5.74, 6) is 0. The van der Waals surface area contributed by atoms with Crippen LogP contribution in [0.5, 0.6) is 0 Å². The lowest BCUT2D eigenvalue weighted by Gasteiger charge is -2.06. The van der Waals surface area contributed by atoms with Crippen LogP contribution < -0.4 is 0 Å². The molecule has 0 saturated heterocycles. The Balaban J connectivity index is 1.52. The van der Waals surface area contributed by atoms with E-state index in [0.29, 0.717) is 0 Å². The highest BCUT2D eigenvalue weighted by Crippen LogP contribution is 2.44. The molecule has 0 radical (unpaired) electrons. The maximum atomic E-state index is 6.08. The first kappa shape index (κ1) is 17.8. The van der Waals surface area contributed by atoms with Crippen LogP contribution in [-0.2, 0) is 12.8 Å². The lowest BCUT2D eigenvalue weighted by molar-refractivity contribution is 0.915. The second-order valence-electron chi connectivity index (χ2n) is 6.83. The minimum absolute atomic E-state index is 0.730. The van der Waals surface area contributed by atoms with Crippen molar-refractivity contribution >= 4 is 66.5 Å². The zero-order chi connectivity index (χ0) is 19.4. The highest BCUT2D eigenvalue weighted by Gasteiger charge is 2.23. The van der Waals surface area contributed by atoms with E-state index in [1.807, 2.05) is 35.6 Å². The summed E-state index contributed by atoms with van der Waals surface area (Å²) in [6, 6.07) is 7.92. The number of rotatable bonds is 3. The zero-order valence-electron chi connectivity index (χ0n) is 15.1. The number of halogens is 1. The molecule has 0 saturated carbocycles. The Labute approximate surface area is 184 Å². The van der Waals surface area contributed by atoms with Crippen LogP contribution in [0.25, 0.3) is 31.6 Å². The van der Waals surface area contributed by atoms with Crippen molar-refractivity contribution in [2.24, 2.45) is 0 Å². The number of aromatic nitrogens is 4. The number of fused-ring (bicyclic) bond motifs is 4. The largest absolute Gasteiger partial charge is 0.229 e. The van der Waals surface area contributed by atoms with Crippen molar-refractivity contribution in [1.29, 1.82) is 0 Å². The molecule has 0 fully saturated rings. The smallest absolute Gasteiger partial charge is 0.128 e. The molecule has 29 heavy (non-hydrogen) atoms. The Morgan fingerprint density at radius 2 is 1.62 bits per heavy atom. The van der Waals surface area contributed by atoms with Crippen molar-refractivity contribution in [3.8, 4) is 11.1 Å². The summed E-state index contributed by atoms with van der Waals surface area (Å²) in [5.41, 5.74) is 3.67. The fourth-order valence-electron chi connectivity index (χ4n) is 3.84. The van der Waals surface area contributed by atoms with Gasteiger partial charge in [0.2, 0.25) is 0 Å². The first-order chi connectivity index (χ1) is 14.3. The van der Waals surface area contributed by atoms with Crippen LogP contribution >= 0.6 is 46.0 Å². The number of hydrogen-bond donors (Lipinski definition) is 0. The van der Waals surface area contributed by atoms with Gasteiger partial charge in [0, 0.05) is 26.2 Å². The number of hydrogen-bond acceptors (Lipinski definition) is 7. The molecular weight excluding hydrogens is 440 g/mol. The van der Waals surface area contributed by atoms with E-state index in [0.717, 1.165) is 54.1 Å². The Bertz CT molecular complexity index is 1370. The number of nitrogens with zero attached hydrogens (tertiary/aromatic N) is 4. The molecule has 6 rings (SSSR count). The molecule has 0 unspecified atom stereocenters. The summed E-state index contributed by atoms with van der Waals surface area (Å²) >= 11 is 11.1. The van der Waals surface area contributed by atoms with E-state index in [-0.39, 0.29) is 0 Å². The number of aryl methyl sites for hydroxylation is 2. The van der Waals surface area contributed by atoms with Gasteiger partial charge in [-0.25, -0.2) is 19.9 Å². The summed E-state index contributed by atoms with van der Waals surface area (Å²) in [6.07, 6.45) is 6.80. The van der Waals surface area contributed by atoms with E-state index in [1.165, 1.54) is 22.2 Å². The molecule has 0 amide bonds. The van der Waals surface area contributed by atoms with Crippen molar-refractivity contribution in [3.63, 3.8) is 0 Å². The highest BCUT2D eigenvalue weighted by molar-refractivity contribution is 7.99. The van der Waals surface area contributed by atoms with Gasteiger partial charge in [-0.3, -0.25) is 0 Å². The van der Waals surface area contributed by atoms with Crippen molar-refractivity contribution < 1.29 is 0 Å². The van der Waals surface area contributed by atoms with Crippen LogP contribution in [0.1, 0.15) is 16.9 Å². The molecule has 1 aliphatic carbocycles. The average molecular weight is 453 g/mol. The van der Waals surface area contributed by atoms with Crippen molar-refractivity contribution in [1.82, 2.24) is 19.9 Å². The average Bonchev–Trinajstić information content (AvgIpc) is 3.43. The van der Waals surface area contributed by atoms with Gasteiger partial charge in [0.15, 0.2) is 0 Å². The van der Waals surface area contributed by atoms with Crippen LogP contribution in [0.15, 0.2) is 52.4 Å². The molecule has 1 aromatic carbocycles. The maximum absolute atomic E-state index is 6.08. The van der Waals surface area contributed by atoms with Crippen molar-refractivity contribution in [2.45, 2.75) is 29.3 Å². The van der Waals surface area contributed by atoms with Crippen molar-refractivity contribution in [3.05, 3.63) is 57.8 Å². The Morgan fingerprint density at radius 3 is 2.45 bits per heavy atom. The number of thiophene rings is 2. The molecule has 0 atom stereocenters. The molecule has 0 aliphatic heterocycles. The van der Waals surface area contributed by atoms with E-state index in [4.69, 9.17) is 11.6 Å². The zero-order valence-corrected chi connectivity index (χ0v) is 18.3. The Hall–Kier alpha value is -2.06. The van der Waals surface area contributed by atoms with Gasteiger partial charge in [-0.15, -0.1) is 22.7 Å². The first-order valence-electron chi connectivity index (χ1n) is 9.19. The Kier molecular flexibility index (Phi) is 4.30. The molecular formula is C21H13ClN4S3. The van der Waals surface area contributed by atoms with E-state index in [2.05, 4.69) is 25.3 Å². The van der Waals surface area contributed by atoms with Gasteiger partial charge in [0.1, 0.15) is 32.4 Å². The summed E-state index contributed by atoms with van der Waals surface area (Å²) in [7, 11) is 0. The monoisotopic (exact) mass is 452 g/mol. The van der Waals surface area contributed by atoms with Gasteiger partial charge < -0.3 is 0 Å². The third-order valence-electron chi connectivity index (χ3n) is 5.15. The highest BCUT2D eigenvalue weighted by atomic mass is 35.5. The van der Waals surface area contributed by atoms with Gasteiger partial charge in [-0.1, -0.05) is 23.7 Å². The fourth-order valence-corrected chi connectivity index (χ4v) is 7.25. The molecule has 0 bridgehead atoms. The molecule has 0 spiro atoms. The van der Waals surface area contributed by atoms with Crippen LogP contribution in [0.4, 0.5) is 0 Å². The Morgan fingerprint density at radius 1 is 0.862 bits per heavy atom. The predicted octanol–water partition coefficient (Wildman–Crippen LogP) is 6.66. The van der Waals surface area contributed by atoms with Gasteiger partial charge in [-0.2, -0.15) is 0 Å². The van der Waals surface area contributed by atoms with E-state index < -0.39 is 0 Å². The molecule has 8 heteroatoms. The van der Waals surface area contributed by atoms with Crippen LogP contribution in [0, 0.1) is 0 Å². The van der Waals surface area contributed by atoms with Crippen LogP contribution in [0.2, 0.25) is 5.02 Å². The quantitative estimate of drug-likeness (QED) is 0.286. The van der Waals surface area contributed by atoms with E-state index >= 15 is 0 Å². The summed E-state index contributed by atoms with van der Waals surface area (Å²) in [5, 5.41) is 7.08. The molecule has 4 aromatic heterocycles. The fraction of sp³-hybridized carbons (Fsp3) is 0.143. The van der Waals surface area contributed by atoms with Crippen molar-refractivity contribution in [2.75, 3.05) is 0 Å². The third-order valence-corrected chi connectivity index (χ3v) is 8.49. The molecule has 4 nitrogen and oxygen atoms in total. The molecule has 5 aromatic rings. The minimum atomic E-state index is 0.730. The molecule has 1 aliphatic rings. The van der Waals surface area contributed by atoms with Gasteiger partial charge in [0.25, 0.3) is 0 Å². The van der Waals surface area contributed by atoms with Gasteiger partial charge >= 0.3 is 0 Å². The summed E-state index contributed by atoms with van der Waals surface area (Å²) < 4.78 is 0. The van der Waals surface area contributed by atoms with Crippen LogP contribution in [0.3, 0.4) is 0 Å². The maximum Gasteiger partial charge on any atom is 0.128 e. The number of benzene rings is 1. The second-order valence-corrected chi connectivity index (χ2v) is 10.2. The van der Waals surface area contributed by atoms with E-state index in [9.17, 15) is 0 Å². The lowest BCUT2D eigenvalue weighted by Crippen LogP contribution is -1.90. The summed E-state index contributed by atoms with van der Waals surface area (Å²) in [4.78, 5) is 21.8. The predicted molar refractivity (Wildman–Crippen MR) is 121 cm³/mol. The summed E-state index contributed by atoms with van der Waals surface area (Å²) in [6.45, 7) is 0. The van der Waals surface area contributed by atoms with E-state index in [1.54, 1.807) is 35.8 Å². The normalized spacial score (nSPS) is 13.4.